The predicted molar refractivity (Wildman–Crippen MR) is 124 cm³/mol. The Labute approximate surface area is 184 Å². The van der Waals surface area contributed by atoms with Gasteiger partial charge in [0.25, 0.3) is 0 Å². The molecule has 0 saturated carbocycles. The van der Waals surface area contributed by atoms with E-state index in [0.717, 1.165) is 48.7 Å². The maximum Gasteiger partial charge on any atom is 0.246 e. The van der Waals surface area contributed by atoms with Gasteiger partial charge in [-0.1, -0.05) is 44.2 Å². The Morgan fingerprint density at radius 2 is 1.77 bits per heavy atom. The van der Waals surface area contributed by atoms with Crippen LogP contribution in [-0.4, -0.2) is 53.7 Å². The fourth-order valence-corrected chi connectivity index (χ4v) is 4.53. The molecule has 1 saturated heterocycles. The number of carbonyl (C=O) groups is 1. The van der Waals surface area contributed by atoms with Gasteiger partial charge < -0.3 is 19.1 Å². The highest BCUT2D eigenvalue weighted by Crippen LogP contribution is 2.29. The van der Waals surface area contributed by atoms with E-state index < -0.39 is 0 Å². The second-order valence-corrected chi connectivity index (χ2v) is 8.63. The standard InChI is InChI=1S/C25H32N4O2/c1-18(2)24(29-19(3)26-21-10-6-8-12-23(21)29)25(30)27(4)17-20-9-5-7-11-22(20)28-13-15-31-16-14-28/h5-12,18,24H,13-17H2,1-4H3/t24-/m0/s1. The highest BCUT2D eigenvalue weighted by Gasteiger charge is 2.30. The molecule has 6 heteroatoms. The van der Waals surface area contributed by atoms with Crippen LogP contribution in [0, 0.1) is 12.8 Å². The van der Waals surface area contributed by atoms with E-state index in [9.17, 15) is 4.79 Å². The Morgan fingerprint density at radius 3 is 2.52 bits per heavy atom. The van der Waals surface area contributed by atoms with E-state index in [0.29, 0.717) is 6.54 Å². The van der Waals surface area contributed by atoms with Crippen LogP contribution in [0.15, 0.2) is 48.5 Å². The molecule has 164 valence electrons. The number of morpholine rings is 1. The first-order valence-electron chi connectivity index (χ1n) is 11.1. The summed E-state index contributed by atoms with van der Waals surface area (Å²) in [5, 5.41) is 0. The summed E-state index contributed by atoms with van der Waals surface area (Å²) in [4.78, 5) is 22.6. The van der Waals surface area contributed by atoms with Gasteiger partial charge in [0, 0.05) is 32.4 Å². The molecular formula is C25H32N4O2. The molecule has 1 aliphatic rings. The Morgan fingerprint density at radius 1 is 1.10 bits per heavy atom. The van der Waals surface area contributed by atoms with Crippen LogP contribution >= 0.6 is 0 Å². The third-order valence-electron chi connectivity index (χ3n) is 6.06. The Balaban J connectivity index is 1.62. The number of imidazole rings is 1. The lowest BCUT2D eigenvalue weighted by atomic mass is 10.0. The van der Waals surface area contributed by atoms with Crippen LogP contribution in [-0.2, 0) is 16.1 Å². The van der Waals surface area contributed by atoms with Crippen molar-refractivity contribution in [1.82, 2.24) is 14.5 Å². The van der Waals surface area contributed by atoms with Crippen molar-refractivity contribution < 1.29 is 9.53 Å². The predicted octanol–water partition coefficient (Wildman–Crippen LogP) is 4.04. The number of para-hydroxylation sites is 3. The summed E-state index contributed by atoms with van der Waals surface area (Å²) in [5.74, 6) is 1.12. The van der Waals surface area contributed by atoms with Gasteiger partial charge in [0.05, 0.1) is 24.2 Å². The summed E-state index contributed by atoms with van der Waals surface area (Å²) in [6.07, 6.45) is 0. The molecule has 1 amide bonds. The number of anilines is 1. The molecule has 0 unspecified atom stereocenters. The third kappa shape index (κ3) is 4.30. The van der Waals surface area contributed by atoms with E-state index in [-0.39, 0.29) is 17.9 Å². The number of aromatic nitrogens is 2. The summed E-state index contributed by atoms with van der Waals surface area (Å²) >= 11 is 0. The average Bonchev–Trinajstić information content (AvgIpc) is 3.10. The minimum Gasteiger partial charge on any atom is -0.378 e. The maximum absolute atomic E-state index is 13.7. The van der Waals surface area contributed by atoms with Crippen molar-refractivity contribution in [2.75, 3.05) is 38.3 Å². The smallest absolute Gasteiger partial charge is 0.246 e. The number of ether oxygens (including phenoxy) is 1. The zero-order valence-electron chi connectivity index (χ0n) is 18.9. The summed E-state index contributed by atoms with van der Waals surface area (Å²) in [5.41, 5.74) is 4.29. The number of fused-ring (bicyclic) bond motifs is 1. The minimum atomic E-state index is -0.298. The van der Waals surface area contributed by atoms with Crippen molar-refractivity contribution in [3.63, 3.8) is 0 Å². The van der Waals surface area contributed by atoms with Gasteiger partial charge >= 0.3 is 0 Å². The van der Waals surface area contributed by atoms with E-state index in [1.54, 1.807) is 0 Å². The molecule has 1 atom stereocenters. The zero-order valence-corrected chi connectivity index (χ0v) is 18.9. The van der Waals surface area contributed by atoms with Crippen molar-refractivity contribution in [1.29, 1.82) is 0 Å². The lowest BCUT2D eigenvalue weighted by molar-refractivity contribution is -0.135. The van der Waals surface area contributed by atoms with Crippen LogP contribution in [0.1, 0.15) is 31.3 Å². The molecule has 6 nitrogen and oxygen atoms in total. The lowest BCUT2D eigenvalue weighted by Gasteiger charge is -2.33. The Hall–Kier alpha value is -2.86. The van der Waals surface area contributed by atoms with Gasteiger partial charge in [0.2, 0.25) is 5.91 Å². The minimum absolute atomic E-state index is 0.109. The van der Waals surface area contributed by atoms with Gasteiger partial charge in [-0.05, 0) is 36.6 Å². The van der Waals surface area contributed by atoms with E-state index >= 15 is 0 Å². The van der Waals surface area contributed by atoms with E-state index in [2.05, 4.69) is 41.5 Å². The molecule has 0 radical (unpaired) electrons. The lowest BCUT2D eigenvalue weighted by Crippen LogP contribution is -2.39. The first-order valence-corrected chi connectivity index (χ1v) is 11.1. The molecule has 4 rings (SSSR count). The first-order chi connectivity index (χ1) is 15.0. The zero-order chi connectivity index (χ0) is 22.0. The highest BCUT2D eigenvalue weighted by molar-refractivity contribution is 5.84. The molecule has 1 aliphatic heterocycles. The number of likely N-dealkylation sites (N-methyl/N-ethyl adjacent to an activating group) is 1. The van der Waals surface area contributed by atoms with Gasteiger partial charge in [-0.2, -0.15) is 0 Å². The van der Waals surface area contributed by atoms with Crippen molar-refractivity contribution >= 4 is 22.6 Å². The molecule has 0 aliphatic carbocycles. The van der Waals surface area contributed by atoms with Crippen molar-refractivity contribution in [2.45, 2.75) is 33.4 Å². The second-order valence-electron chi connectivity index (χ2n) is 8.63. The molecule has 2 heterocycles. The number of hydrogen-bond acceptors (Lipinski definition) is 4. The average molecular weight is 421 g/mol. The van der Waals surface area contributed by atoms with Gasteiger partial charge in [-0.15, -0.1) is 0 Å². The van der Waals surface area contributed by atoms with E-state index in [4.69, 9.17) is 9.72 Å². The number of aryl methyl sites for hydroxylation is 1. The number of rotatable bonds is 6. The largest absolute Gasteiger partial charge is 0.378 e. The molecule has 2 aromatic carbocycles. The molecule has 0 spiro atoms. The normalized spacial score (nSPS) is 15.5. The van der Waals surface area contributed by atoms with Crippen LogP contribution in [0.4, 0.5) is 5.69 Å². The fourth-order valence-electron chi connectivity index (χ4n) is 4.53. The maximum atomic E-state index is 13.7. The Kier molecular flexibility index (Phi) is 6.28. The van der Waals surface area contributed by atoms with Crippen LogP contribution in [0.3, 0.4) is 0 Å². The fraction of sp³-hybridized carbons (Fsp3) is 0.440. The number of hydrogen-bond donors (Lipinski definition) is 0. The van der Waals surface area contributed by atoms with Gasteiger partial charge in [-0.25, -0.2) is 4.98 Å². The van der Waals surface area contributed by atoms with Crippen molar-refractivity contribution in [3.8, 4) is 0 Å². The van der Waals surface area contributed by atoms with Crippen LogP contribution in [0.2, 0.25) is 0 Å². The van der Waals surface area contributed by atoms with Gasteiger partial charge in [0.1, 0.15) is 11.9 Å². The van der Waals surface area contributed by atoms with E-state index in [1.807, 2.05) is 49.2 Å². The first kappa shape index (κ1) is 21.4. The molecule has 0 N–H and O–H groups in total. The summed E-state index contributed by atoms with van der Waals surface area (Å²) in [6, 6.07) is 16.1. The summed E-state index contributed by atoms with van der Waals surface area (Å²) in [7, 11) is 1.91. The summed E-state index contributed by atoms with van der Waals surface area (Å²) < 4.78 is 7.61. The topological polar surface area (TPSA) is 50.6 Å². The van der Waals surface area contributed by atoms with Crippen molar-refractivity contribution in [2.24, 2.45) is 5.92 Å². The molecule has 1 aromatic heterocycles. The molecule has 31 heavy (non-hydrogen) atoms. The number of benzene rings is 2. The SMILES string of the molecule is Cc1nc2ccccc2n1[C@H](C(=O)N(C)Cc1ccccc1N1CCOCC1)C(C)C. The molecular weight excluding hydrogens is 388 g/mol. The molecule has 3 aromatic rings. The van der Waals surface area contributed by atoms with Crippen LogP contribution < -0.4 is 4.90 Å². The van der Waals surface area contributed by atoms with Crippen LogP contribution in [0.5, 0.6) is 0 Å². The highest BCUT2D eigenvalue weighted by atomic mass is 16.5. The van der Waals surface area contributed by atoms with E-state index in [1.165, 1.54) is 5.69 Å². The quantitative estimate of drug-likeness (QED) is 0.604. The monoisotopic (exact) mass is 420 g/mol. The number of carbonyl (C=O) groups excluding carboxylic acids is 1. The van der Waals surface area contributed by atoms with Gasteiger partial charge in [-0.3, -0.25) is 4.79 Å². The van der Waals surface area contributed by atoms with Gasteiger partial charge in [0.15, 0.2) is 0 Å². The second kappa shape index (κ2) is 9.10. The molecule has 1 fully saturated rings. The third-order valence-corrected chi connectivity index (χ3v) is 6.06. The molecule has 0 bridgehead atoms. The number of nitrogens with zero attached hydrogens (tertiary/aromatic N) is 4. The Bertz CT molecular complexity index is 1050. The summed E-state index contributed by atoms with van der Waals surface area (Å²) in [6.45, 7) is 10.0. The number of amides is 1. The van der Waals surface area contributed by atoms with Crippen LogP contribution in [0.25, 0.3) is 11.0 Å². The van der Waals surface area contributed by atoms with Crippen molar-refractivity contribution in [3.05, 3.63) is 59.9 Å².